The summed E-state index contributed by atoms with van der Waals surface area (Å²) in [5.41, 5.74) is 7.61. The van der Waals surface area contributed by atoms with Crippen molar-refractivity contribution in [3.05, 3.63) is 35.4 Å². The maximum atomic E-state index is 11.4. The summed E-state index contributed by atoms with van der Waals surface area (Å²) in [5, 5.41) is 0. The Balaban J connectivity index is 2.49. The second-order valence-electron chi connectivity index (χ2n) is 6.79. The van der Waals surface area contributed by atoms with Crippen LogP contribution in [0.1, 0.15) is 62.9 Å². The average Bonchev–Trinajstić information content (AvgIpc) is 2.36. The van der Waals surface area contributed by atoms with E-state index in [1.807, 2.05) is 12.1 Å². The van der Waals surface area contributed by atoms with Crippen LogP contribution in [0.3, 0.4) is 0 Å². The molecule has 2 heteroatoms. The van der Waals surface area contributed by atoms with Gasteiger partial charge in [0, 0.05) is 5.56 Å². The van der Waals surface area contributed by atoms with Gasteiger partial charge in [0.2, 0.25) is 5.91 Å². The topological polar surface area (TPSA) is 43.1 Å². The number of hydrogen-bond donors (Lipinski definition) is 1. The van der Waals surface area contributed by atoms with Crippen molar-refractivity contribution in [2.75, 3.05) is 0 Å². The lowest BCUT2D eigenvalue weighted by atomic mass is 9.52. The fourth-order valence-electron chi connectivity index (χ4n) is 3.52. The molecule has 1 aliphatic rings. The van der Waals surface area contributed by atoms with E-state index in [1.165, 1.54) is 24.8 Å². The Morgan fingerprint density at radius 2 is 2.00 bits per heavy atom. The molecule has 0 aromatic heterocycles. The Labute approximate surface area is 116 Å². The summed E-state index contributed by atoms with van der Waals surface area (Å²) in [6.45, 7) is 9.39. The first-order valence-corrected chi connectivity index (χ1v) is 7.19. The third-order valence-electron chi connectivity index (χ3n) is 5.75. The monoisotopic (exact) mass is 259 g/mol. The van der Waals surface area contributed by atoms with Gasteiger partial charge in [-0.15, -0.1) is 0 Å². The van der Waals surface area contributed by atoms with Gasteiger partial charge in [0.05, 0.1) is 0 Å². The van der Waals surface area contributed by atoms with Crippen molar-refractivity contribution >= 4 is 5.91 Å². The summed E-state index contributed by atoms with van der Waals surface area (Å²) in [5.74, 6) is 0.343. The summed E-state index contributed by atoms with van der Waals surface area (Å²) in [6.07, 6.45) is 3.71. The molecule has 1 aliphatic carbocycles. The van der Waals surface area contributed by atoms with Gasteiger partial charge in [-0.1, -0.05) is 52.7 Å². The number of primary amides is 1. The van der Waals surface area contributed by atoms with Gasteiger partial charge in [-0.3, -0.25) is 4.79 Å². The van der Waals surface area contributed by atoms with Crippen molar-refractivity contribution in [1.82, 2.24) is 0 Å². The third kappa shape index (κ3) is 2.18. The smallest absolute Gasteiger partial charge is 0.248 e. The lowest BCUT2D eigenvalue weighted by Gasteiger charge is -2.52. The molecule has 0 spiro atoms. The highest BCUT2D eigenvalue weighted by Crippen LogP contribution is 2.54. The summed E-state index contributed by atoms with van der Waals surface area (Å²) >= 11 is 0. The van der Waals surface area contributed by atoms with Crippen molar-refractivity contribution in [3.63, 3.8) is 0 Å². The van der Waals surface area contributed by atoms with E-state index < -0.39 is 0 Å². The molecule has 1 fully saturated rings. The highest BCUT2D eigenvalue weighted by molar-refractivity contribution is 5.92. The van der Waals surface area contributed by atoms with Gasteiger partial charge in [-0.2, -0.15) is 0 Å². The molecule has 0 bridgehead atoms. The van der Waals surface area contributed by atoms with Gasteiger partial charge in [-0.25, -0.2) is 0 Å². The zero-order valence-corrected chi connectivity index (χ0v) is 12.5. The molecule has 2 N–H and O–H groups in total. The van der Waals surface area contributed by atoms with E-state index in [9.17, 15) is 4.79 Å². The van der Waals surface area contributed by atoms with E-state index in [-0.39, 0.29) is 16.7 Å². The Hall–Kier alpha value is -1.31. The molecular formula is C17H25NO. The summed E-state index contributed by atoms with van der Waals surface area (Å²) in [7, 11) is 0. The summed E-state index contributed by atoms with van der Waals surface area (Å²) in [6, 6.07) is 7.89. The molecule has 19 heavy (non-hydrogen) atoms. The lowest BCUT2D eigenvalue weighted by molar-refractivity contribution is 0.0476. The van der Waals surface area contributed by atoms with Crippen LogP contribution in [0.2, 0.25) is 0 Å². The number of carbonyl (C=O) groups excluding carboxylic acids is 1. The first-order valence-electron chi connectivity index (χ1n) is 7.19. The van der Waals surface area contributed by atoms with Gasteiger partial charge in [0.1, 0.15) is 0 Å². The van der Waals surface area contributed by atoms with E-state index in [0.717, 1.165) is 0 Å². The second-order valence-corrected chi connectivity index (χ2v) is 6.79. The van der Waals surface area contributed by atoms with Gasteiger partial charge >= 0.3 is 0 Å². The van der Waals surface area contributed by atoms with Crippen molar-refractivity contribution in [3.8, 4) is 0 Å². The molecule has 104 valence electrons. The summed E-state index contributed by atoms with van der Waals surface area (Å²) < 4.78 is 0. The molecule has 1 amide bonds. The second kappa shape index (κ2) is 4.66. The Bertz CT molecular complexity index is 492. The zero-order valence-electron chi connectivity index (χ0n) is 12.5. The highest BCUT2D eigenvalue weighted by atomic mass is 16.1. The van der Waals surface area contributed by atoms with Crippen LogP contribution in [0.25, 0.3) is 0 Å². The molecule has 2 atom stereocenters. The van der Waals surface area contributed by atoms with Gasteiger partial charge in [0.15, 0.2) is 0 Å². The molecule has 0 aliphatic heterocycles. The predicted octanol–water partition coefficient (Wildman–Crippen LogP) is 3.89. The predicted molar refractivity (Wildman–Crippen MR) is 79.1 cm³/mol. The molecule has 2 rings (SSSR count). The quantitative estimate of drug-likeness (QED) is 0.860. The number of carbonyl (C=O) groups is 1. The minimum atomic E-state index is -0.341. The number of nitrogens with two attached hydrogens (primary N) is 1. The van der Waals surface area contributed by atoms with Crippen molar-refractivity contribution in [2.24, 2.45) is 17.1 Å². The number of hydrogen-bond acceptors (Lipinski definition) is 1. The van der Waals surface area contributed by atoms with Crippen molar-refractivity contribution in [2.45, 2.75) is 52.4 Å². The average molecular weight is 259 g/mol. The van der Waals surface area contributed by atoms with Gasteiger partial charge < -0.3 is 5.73 Å². The molecule has 0 saturated heterocycles. The van der Waals surface area contributed by atoms with E-state index in [2.05, 4.69) is 33.8 Å². The first kappa shape index (κ1) is 14.1. The zero-order chi connectivity index (χ0) is 14.3. The van der Waals surface area contributed by atoms with E-state index >= 15 is 0 Å². The maximum Gasteiger partial charge on any atom is 0.248 e. The largest absolute Gasteiger partial charge is 0.366 e. The van der Waals surface area contributed by atoms with Crippen LogP contribution < -0.4 is 5.73 Å². The van der Waals surface area contributed by atoms with E-state index in [1.54, 1.807) is 6.07 Å². The molecule has 1 saturated carbocycles. The van der Waals surface area contributed by atoms with Crippen LogP contribution >= 0.6 is 0 Å². The normalized spacial score (nSPS) is 30.0. The number of amides is 1. The molecule has 0 heterocycles. The number of rotatable bonds is 2. The van der Waals surface area contributed by atoms with Crippen LogP contribution in [0.4, 0.5) is 0 Å². The Morgan fingerprint density at radius 3 is 2.63 bits per heavy atom. The lowest BCUT2D eigenvalue weighted by Crippen LogP contribution is -2.46. The fraction of sp³-hybridized carbons (Fsp3) is 0.588. The first-order chi connectivity index (χ1) is 8.79. The maximum absolute atomic E-state index is 11.4. The molecule has 2 unspecified atom stereocenters. The molecular weight excluding hydrogens is 234 g/mol. The van der Waals surface area contributed by atoms with Crippen LogP contribution in [-0.4, -0.2) is 5.91 Å². The van der Waals surface area contributed by atoms with E-state index in [4.69, 9.17) is 5.73 Å². The minimum Gasteiger partial charge on any atom is -0.366 e. The molecule has 0 radical (unpaired) electrons. The SMILES string of the molecule is CC1CCCC(C)(c2cccc(C(N)=O)c2)C1(C)C. The van der Waals surface area contributed by atoms with Gasteiger partial charge in [-0.05, 0) is 40.9 Å². The summed E-state index contributed by atoms with van der Waals surface area (Å²) in [4.78, 5) is 11.4. The van der Waals surface area contributed by atoms with Crippen LogP contribution in [0.5, 0.6) is 0 Å². The highest BCUT2D eigenvalue weighted by Gasteiger charge is 2.47. The van der Waals surface area contributed by atoms with Crippen molar-refractivity contribution in [1.29, 1.82) is 0 Å². The Morgan fingerprint density at radius 1 is 1.32 bits per heavy atom. The third-order valence-corrected chi connectivity index (χ3v) is 5.75. The fourth-order valence-corrected chi connectivity index (χ4v) is 3.52. The Kier molecular flexibility index (Phi) is 3.46. The molecule has 1 aromatic carbocycles. The van der Waals surface area contributed by atoms with Crippen molar-refractivity contribution < 1.29 is 4.79 Å². The van der Waals surface area contributed by atoms with E-state index in [0.29, 0.717) is 11.5 Å². The molecule has 2 nitrogen and oxygen atoms in total. The molecule has 1 aromatic rings. The standard InChI is InChI=1S/C17H25NO/c1-12-7-6-10-17(4,16(12,2)3)14-9-5-8-13(11-14)15(18)19/h5,8-9,11-12H,6-7,10H2,1-4H3,(H2,18,19). The van der Waals surface area contributed by atoms with Gasteiger partial charge in [0.25, 0.3) is 0 Å². The van der Waals surface area contributed by atoms with Crippen LogP contribution in [0, 0.1) is 11.3 Å². The van der Waals surface area contributed by atoms with Crippen LogP contribution in [-0.2, 0) is 5.41 Å². The minimum absolute atomic E-state index is 0.107. The number of benzene rings is 1. The van der Waals surface area contributed by atoms with Crippen LogP contribution in [0.15, 0.2) is 24.3 Å².